The van der Waals surface area contributed by atoms with Crippen LogP contribution in [0.4, 0.5) is 17.1 Å². The highest BCUT2D eigenvalue weighted by atomic mass is 79.9. The Morgan fingerprint density at radius 2 is 0.542 bits per heavy atom. The smallest absolute Gasteiger partial charge is 0.347 e. The molecule has 0 bridgehead atoms. The van der Waals surface area contributed by atoms with Gasteiger partial charge in [0.15, 0.2) is 0 Å². The number of cyclic esters (lactones) is 8. The van der Waals surface area contributed by atoms with E-state index in [2.05, 4.69) is 73.2 Å². The minimum Gasteiger partial charge on any atom is -0.399 e. The highest BCUT2D eigenvalue weighted by molar-refractivity contribution is 9.11. The van der Waals surface area contributed by atoms with Crippen molar-refractivity contribution in [3.05, 3.63) is 224 Å². The summed E-state index contributed by atoms with van der Waals surface area (Å²) >= 11 is 13.3. The molecule has 15 rings (SSSR count). The van der Waals surface area contributed by atoms with Crippen LogP contribution in [-0.2, 0) is 18.9 Å². The number of carbonyl (C=O) groups excluding carboxylic acids is 12. The van der Waals surface area contributed by atoms with E-state index in [0.717, 1.165) is 15.5 Å². The van der Waals surface area contributed by atoms with Crippen molar-refractivity contribution in [3.63, 3.8) is 0 Å². The normalized spacial score (nSPS) is 14.9. The van der Waals surface area contributed by atoms with E-state index in [9.17, 15) is 57.5 Å². The van der Waals surface area contributed by atoms with Crippen LogP contribution in [0.15, 0.2) is 157 Å². The fraction of sp³-hybridized carbons (Fsp3) is 0. The number of nitrogen functional groups attached to an aromatic ring is 1. The third kappa shape index (κ3) is 8.57. The van der Waals surface area contributed by atoms with Gasteiger partial charge in [-0.2, -0.15) is 0 Å². The first-order valence-corrected chi connectivity index (χ1v) is 27.3. The fourth-order valence-corrected chi connectivity index (χ4v) is 12.7. The zero-order chi connectivity index (χ0) is 58.6. The Morgan fingerprint density at radius 3 is 0.855 bits per heavy atom. The zero-order valence-corrected chi connectivity index (χ0v) is 47.6. The lowest BCUT2D eigenvalue weighted by Gasteiger charge is -2.33. The highest BCUT2D eigenvalue weighted by Crippen LogP contribution is 2.47. The Labute approximate surface area is 497 Å². The summed E-state index contributed by atoms with van der Waals surface area (Å²) in [5.74, 6) is -8.62. The second-order valence-electron chi connectivity index (χ2n) is 18.4. The quantitative estimate of drug-likeness (QED) is 0.0553. The molecule has 6 aliphatic rings. The van der Waals surface area contributed by atoms with Crippen molar-refractivity contribution in [2.75, 3.05) is 15.5 Å². The van der Waals surface area contributed by atoms with Crippen LogP contribution < -0.4 is 15.5 Å². The number of para-hydroxylation sites is 3. The van der Waals surface area contributed by atoms with Gasteiger partial charge in [-0.05, 0) is 149 Å². The molecule has 9 aromatic rings. The van der Waals surface area contributed by atoms with Gasteiger partial charge in [-0.15, -0.1) is 0 Å². The van der Waals surface area contributed by atoms with Crippen molar-refractivity contribution in [1.29, 1.82) is 0 Å². The largest absolute Gasteiger partial charge is 0.399 e. The van der Waals surface area contributed by atoms with Crippen LogP contribution in [0, 0.1) is 0 Å². The second-order valence-corrected chi connectivity index (χ2v) is 21.8. The molecule has 0 saturated carbocycles. The topological polar surface area (TPSA) is 274 Å². The van der Waals surface area contributed by atoms with Crippen LogP contribution in [0.2, 0.25) is 0 Å². The highest BCUT2D eigenvalue weighted by Gasteiger charge is 2.44. The van der Waals surface area contributed by atoms with Gasteiger partial charge in [-0.1, -0.05) is 54.6 Å². The number of nitrogens with two attached hydrogens (primary N) is 1. The van der Waals surface area contributed by atoms with E-state index in [1.807, 2.05) is 30.3 Å². The summed E-state index contributed by atoms with van der Waals surface area (Å²) in [5, 5.41) is 1.58. The summed E-state index contributed by atoms with van der Waals surface area (Å²) in [5.41, 5.74) is 9.02. The number of amides is 4. The van der Waals surface area contributed by atoms with Gasteiger partial charge >= 0.3 is 47.8 Å². The molecule has 0 saturated heterocycles. The maximum absolute atomic E-state index is 13.6. The number of carbonyl (C=O) groups is 12. The van der Waals surface area contributed by atoms with E-state index in [4.69, 9.17) is 15.2 Å². The monoisotopic (exact) mass is 1360 g/mol. The van der Waals surface area contributed by atoms with Crippen LogP contribution in [0.5, 0.6) is 0 Å². The molecule has 0 aromatic heterocycles. The summed E-state index contributed by atoms with van der Waals surface area (Å²) in [6, 6.07) is 38.2. The molecule has 0 unspecified atom stereocenters. The Kier molecular flexibility index (Phi) is 13.2. The molecule has 2 N–H and O–H groups in total. The van der Waals surface area contributed by atoms with E-state index in [1.165, 1.54) is 36.4 Å². The SMILES string of the molecule is Nc1ccccc1.O=C1OC(=O)c2c(Br)cc3c4c(c(Br)cc1c24)C(=O)OC3=O.O=C1OC(=O)c2ccc3c4c(ccc1c24)C(=O)OC3=O.O=C1c2cc(Br)c3c4c(cc(Br)c(c24)C(=O)N1c1ccccc1)C(=O)N(c1ccccc1)C3=O. The van der Waals surface area contributed by atoms with Crippen molar-refractivity contribution in [1.82, 2.24) is 0 Å². The van der Waals surface area contributed by atoms with Gasteiger partial charge in [-0.25, -0.2) is 48.2 Å². The lowest BCUT2D eigenvalue weighted by molar-refractivity contribution is 0.0364. The van der Waals surface area contributed by atoms with E-state index in [0.29, 0.717) is 31.1 Å². The summed E-state index contributed by atoms with van der Waals surface area (Å²) in [6.45, 7) is 0. The van der Waals surface area contributed by atoms with E-state index in [-0.39, 0.29) is 97.3 Å². The summed E-state index contributed by atoms with van der Waals surface area (Å²) in [6.07, 6.45) is 0. The predicted molar refractivity (Wildman–Crippen MR) is 308 cm³/mol. The van der Waals surface area contributed by atoms with E-state index < -0.39 is 71.4 Å². The van der Waals surface area contributed by atoms with E-state index >= 15 is 0 Å². The molecule has 9 aromatic carbocycles. The van der Waals surface area contributed by atoms with Crippen LogP contribution in [0.25, 0.3) is 32.3 Å². The molecule has 83 heavy (non-hydrogen) atoms. The first-order chi connectivity index (χ1) is 39.8. The van der Waals surface area contributed by atoms with Crippen molar-refractivity contribution >= 4 is 184 Å². The number of imide groups is 2. The van der Waals surface area contributed by atoms with Crippen molar-refractivity contribution in [2.24, 2.45) is 0 Å². The van der Waals surface area contributed by atoms with Crippen molar-refractivity contribution in [3.8, 4) is 0 Å². The molecular formula is C60H25Br4N3O16. The van der Waals surface area contributed by atoms with Gasteiger partial charge in [0, 0.05) is 55.9 Å². The second kappa shape index (κ2) is 20.4. The molecule has 0 spiro atoms. The number of hydrogen-bond donors (Lipinski definition) is 1. The Morgan fingerprint density at radius 1 is 0.277 bits per heavy atom. The predicted octanol–water partition coefficient (Wildman–Crippen LogP) is 11.7. The molecule has 0 radical (unpaired) electrons. The summed E-state index contributed by atoms with van der Waals surface area (Å²) < 4.78 is 19.9. The number of ether oxygens (including phenoxy) is 4. The maximum Gasteiger partial charge on any atom is 0.347 e. The lowest BCUT2D eigenvalue weighted by atomic mass is 9.85. The van der Waals surface area contributed by atoms with Gasteiger partial charge in [0.1, 0.15) is 0 Å². The molecule has 0 aliphatic carbocycles. The minimum atomic E-state index is -0.837. The lowest BCUT2D eigenvalue weighted by Crippen LogP contribution is -2.44. The fourth-order valence-electron chi connectivity index (χ4n) is 10.3. The first-order valence-electron chi connectivity index (χ1n) is 24.1. The zero-order valence-electron chi connectivity index (χ0n) is 41.3. The Bertz CT molecular complexity index is 4310. The number of nitrogens with zero attached hydrogens (tertiary/aromatic N) is 2. The molecular weight excluding hydrogens is 1340 g/mol. The molecule has 19 nitrogen and oxygen atoms in total. The first kappa shape index (κ1) is 53.9. The third-order valence-corrected chi connectivity index (χ3v) is 16.3. The van der Waals surface area contributed by atoms with Gasteiger partial charge in [0.2, 0.25) is 0 Å². The van der Waals surface area contributed by atoms with Gasteiger partial charge in [-0.3, -0.25) is 19.2 Å². The van der Waals surface area contributed by atoms with Crippen LogP contribution >= 0.6 is 63.7 Å². The average molecular weight is 1360 g/mol. The number of esters is 8. The van der Waals surface area contributed by atoms with Gasteiger partial charge in [0.05, 0.1) is 78.1 Å². The molecule has 23 heteroatoms. The van der Waals surface area contributed by atoms with Gasteiger partial charge < -0.3 is 24.7 Å². The molecule has 6 aliphatic heterocycles. The van der Waals surface area contributed by atoms with Crippen molar-refractivity contribution < 1.29 is 76.5 Å². The van der Waals surface area contributed by atoms with Crippen LogP contribution in [0.1, 0.15) is 124 Å². The molecule has 404 valence electrons. The third-order valence-electron chi connectivity index (χ3n) is 13.8. The number of hydrogen-bond acceptors (Lipinski definition) is 17. The van der Waals surface area contributed by atoms with Crippen molar-refractivity contribution in [2.45, 2.75) is 0 Å². The Balaban J connectivity index is 0.000000120. The number of benzene rings is 9. The van der Waals surface area contributed by atoms with Crippen LogP contribution in [-0.4, -0.2) is 71.4 Å². The molecule has 0 atom stereocenters. The number of halogens is 4. The molecule has 4 amide bonds. The molecule has 0 fully saturated rings. The summed E-state index contributed by atoms with van der Waals surface area (Å²) in [7, 11) is 0. The molecule has 6 heterocycles. The maximum atomic E-state index is 13.6. The van der Waals surface area contributed by atoms with E-state index in [1.54, 1.807) is 72.8 Å². The number of anilines is 3. The standard InChI is InChI=1S/C26H12Br2N2O4.C14H2Br2O6.C14H4O6.C6H7N/c27-17-12-16-20-19-15(23(31)29(25(33)21(17)19)13-7-3-1-4-8-13)11-18(28)22(20)26(34)30(24(16)32)14-9-5-2-6-10-14;15-5-1-3-7-8-4(12(18)22-13(19)9(5)8)2-6(16)10(7)14(20)21-11(3)17;15-11-5-1-2-6-10-8(14(18)20-12(6)16)4-3-7(9(5)10)13(17)19-11;7-6-4-2-1-3-5-6/h1-12H;1-2H;1-4H;1-5H,7H2. The number of rotatable bonds is 2. The van der Waals surface area contributed by atoms with Crippen LogP contribution in [0.3, 0.4) is 0 Å². The summed E-state index contributed by atoms with van der Waals surface area (Å²) in [4.78, 5) is 151. The Hall–Kier alpha value is -9.68. The average Bonchev–Trinajstić information content (AvgIpc) is 0.976. The van der Waals surface area contributed by atoms with Gasteiger partial charge in [0.25, 0.3) is 23.6 Å². The minimum absolute atomic E-state index is 0.101.